The lowest BCUT2D eigenvalue weighted by atomic mass is 10.1. The van der Waals surface area contributed by atoms with Gasteiger partial charge < -0.3 is 0 Å². The molecule has 0 bridgehead atoms. The van der Waals surface area contributed by atoms with E-state index in [0.717, 1.165) is 28.9 Å². The molecule has 1 N–H and O–H groups in total. The van der Waals surface area contributed by atoms with Crippen molar-refractivity contribution >= 4 is 38.7 Å². The highest BCUT2D eigenvalue weighted by atomic mass is 35.5. The molecule has 0 aliphatic rings. The van der Waals surface area contributed by atoms with E-state index in [1.807, 2.05) is 12.3 Å². The highest BCUT2D eigenvalue weighted by molar-refractivity contribution is 7.89. The number of aryl methyl sites for hydroxylation is 2. The predicted molar refractivity (Wildman–Crippen MR) is 107 cm³/mol. The van der Waals surface area contributed by atoms with Gasteiger partial charge >= 0.3 is 0 Å². The largest absolute Gasteiger partial charge is 0.292 e. The average molecular weight is 455 g/mol. The predicted octanol–water partition coefficient (Wildman–Crippen LogP) is 3.33. The molecule has 2 heterocycles. The summed E-state index contributed by atoms with van der Waals surface area (Å²) in [5.41, 5.74) is 1.39. The van der Waals surface area contributed by atoms with E-state index in [0.29, 0.717) is 12.1 Å². The van der Waals surface area contributed by atoms with Crippen LogP contribution in [0.3, 0.4) is 0 Å². The molecule has 0 radical (unpaired) electrons. The van der Waals surface area contributed by atoms with Gasteiger partial charge in [0.1, 0.15) is 11.5 Å². The van der Waals surface area contributed by atoms with Gasteiger partial charge in [-0.2, -0.15) is 0 Å². The fraction of sp³-hybridized carbons (Fsp3) is 0.222. The van der Waals surface area contributed by atoms with Crippen LogP contribution in [-0.2, 0) is 23.0 Å². The Balaban J connectivity index is 1.58. The van der Waals surface area contributed by atoms with Gasteiger partial charge in [-0.05, 0) is 31.5 Å². The van der Waals surface area contributed by atoms with Gasteiger partial charge in [0.05, 0.1) is 45.3 Å². The summed E-state index contributed by atoms with van der Waals surface area (Å²) < 4.78 is 40.1. The highest BCUT2D eigenvalue weighted by Gasteiger charge is 2.16. The quantitative estimate of drug-likeness (QED) is 0.524. The molecule has 0 aliphatic heterocycles. The summed E-state index contributed by atoms with van der Waals surface area (Å²) in [5.74, 6) is -0.877. The smallest absolute Gasteiger partial charge is 0.240 e. The molecule has 11 heteroatoms. The molecule has 0 atom stereocenters. The zero-order valence-corrected chi connectivity index (χ0v) is 17.6. The lowest BCUT2D eigenvalue weighted by molar-refractivity contribution is 0.0977. The molecule has 7 nitrogen and oxygen atoms in total. The Kier molecular flexibility index (Phi) is 6.68. The summed E-state index contributed by atoms with van der Waals surface area (Å²) in [6.07, 6.45) is 3.43. The maximum absolute atomic E-state index is 13.2. The number of nitrogens with one attached hydrogen (secondary N) is 1. The van der Waals surface area contributed by atoms with E-state index in [1.54, 1.807) is 0 Å². The monoisotopic (exact) mass is 454 g/mol. The molecule has 29 heavy (non-hydrogen) atoms. The minimum atomic E-state index is -3.90. The van der Waals surface area contributed by atoms with Crippen LogP contribution in [0, 0.1) is 12.7 Å². The Labute approximate surface area is 176 Å². The van der Waals surface area contributed by atoms with Gasteiger partial charge in [0.2, 0.25) is 10.0 Å². The molecule has 0 saturated carbocycles. The second-order valence-corrected chi connectivity index (χ2v) is 9.31. The third kappa shape index (κ3) is 5.63. The van der Waals surface area contributed by atoms with E-state index < -0.39 is 15.8 Å². The van der Waals surface area contributed by atoms with Gasteiger partial charge in [0.25, 0.3) is 0 Å². The number of hydrogen-bond donors (Lipinski definition) is 1. The normalized spacial score (nSPS) is 11.6. The number of nitrogens with zero attached hydrogens (tertiary/aromatic N) is 3. The van der Waals surface area contributed by atoms with Crippen LogP contribution < -0.4 is 4.72 Å². The first-order valence-electron chi connectivity index (χ1n) is 8.44. The fourth-order valence-corrected chi connectivity index (χ4v) is 4.30. The molecule has 0 fully saturated rings. The van der Waals surface area contributed by atoms with Gasteiger partial charge in [-0.25, -0.2) is 27.5 Å². The molecule has 152 valence electrons. The van der Waals surface area contributed by atoms with Crippen LogP contribution in [0.5, 0.6) is 0 Å². The first kappa shape index (κ1) is 21.4. The molecule has 0 unspecified atom stereocenters. The maximum atomic E-state index is 13.2. The molecule has 0 spiro atoms. The Morgan fingerprint density at radius 2 is 2.03 bits per heavy atom. The van der Waals surface area contributed by atoms with Crippen molar-refractivity contribution < 1.29 is 17.6 Å². The first-order valence-corrected chi connectivity index (χ1v) is 11.2. The molecular weight excluding hydrogens is 439 g/mol. The summed E-state index contributed by atoms with van der Waals surface area (Å²) >= 11 is 7.15. The number of carbonyl (C=O) groups is 1. The summed E-state index contributed by atoms with van der Waals surface area (Å²) in [6, 6.07) is 3.11. The van der Waals surface area contributed by atoms with E-state index in [2.05, 4.69) is 19.7 Å². The van der Waals surface area contributed by atoms with Gasteiger partial charge in [0, 0.05) is 11.8 Å². The zero-order chi connectivity index (χ0) is 21.0. The van der Waals surface area contributed by atoms with E-state index in [-0.39, 0.29) is 34.4 Å². The molecule has 3 aromatic rings. The van der Waals surface area contributed by atoms with Crippen LogP contribution in [-0.4, -0.2) is 29.2 Å². The number of ketones is 1. The number of halogens is 2. The maximum Gasteiger partial charge on any atom is 0.240 e. The zero-order valence-electron chi connectivity index (χ0n) is 15.2. The molecule has 1 aromatic carbocycles. The molecule has 0 saturated heterocycles. The Hall–Kier alpha value is -2.27. The number of Topliss-reactive ketones (excluding diaryl/α,β-unsaturated/α-hetero) is 1. The van der Waals surface area contributed by atoms with Crippen molar-refractivity contribution in [3.63, 3.8) is 0 Å². The Morgan fingerprint density at radius 1 is 1.24 bits per heavy atom. The number of hydrogen-bond acceptors (Lipinski definition) is 7. The van der Waals surface area contributed by atoms with Crippen molar-refractivity contribution in [3.8, 4) is 0 Å². The standard InChI is InChI=1S/C18H16ClFN4O3S2/c1-11-24-12(10-28-11)2-5-18(25)17-9-21-13(7-22-17)8-23-29(26,27)14-3-4-16(20)15(19)6-14/h3-4,6-7,9-10,23H,2,5,8H2,1H3. The number of aromatic nitrogens is 3. The number of sulfonamides is 1. The molecular formula is C18H16ClFN4O3S2. The Morgan fingerprint density at radius 3 is 2.66 bits per heavy atom. The van der Waals surface area contributed by atoms with Gasteiger partial charge in [-0.3, -0.25) is 9.78 Å². The minimum absolute atomic E-state index is 0.142. The topological polar surface area (TPSA) is 102 Å². The Bertz CT molecular complexity index is 1130. The third-order valence-electron chi connectivity index (χ3n) is 3.91. The summed E-state index contributed by atoms with van der Waals surface area (Å²) in [4.78, 5) is 24.5. The van der Waals surface area contributed by atoms with Crippen molar-refractivity contribution in [2.75, 3.05) is 0 Å². The van der Waals surface area contributed by atoms with Crippen LogP contribution in [0.2, 0.25) is 5.02 Å². The van der Waals surface area contributed by atoms with Crippen LogP contribution in [0.4, 0.5) is 4.39 Å². The fourth-order valence-electron chi connectivity index (χ4n) is 2.38. The van der Waals surface area contributed by atoms with E-state index >= 15 is 0 Å². The van der Waals surface area contributed by atoms with Crippen molar-refractivity contribution in [1.82, 2.24) is 19.7 Å². The summed E-state index contributed by atoms with van der Waals surface area (Å²) in [5, 5.41) is 2.57. The first-order chi connectivity index (χ1) is 13.7. The number of carbonyl (C=O) groups excluding carboxylic acids is 1. The van der Waals surface area contributed by atoms with Crippen molar-refractivity contribution in [2.24, 2.45) is 0 Å². The van der Waals surface area contributed by atoms with E-state index in [9.17, 15) is 17.6 Å². The highest BCUT2D eigenvalue weighted by Crippen LogP contribution is 2.19. The van der Waals surface area contributed by atoms with Crippen LogP contribution >= 0.6 is 22.9 Å². The van der Waals surface area contributed by atoms with Gasteiger partial charge in [0.15, 0.2) is 5.78 Å². The van der Waals surface area contributed by atoms with Crippen molar-refractivity contribution in [1.29, 1.82) is 0 Å². The average Bonchev–Trinajstić information content (AvgIpc) is 3.12. The minimum Gasteiger partial charge on any atom is -0.292 e. The second-order valence-electron chi connectivity index (χ2n) is 6.07. The number of benzene rings is 1. The number of thiazole rings is 1. The molecule has 2 aromatic heterocycles. The van der Waals surface area contributed by atoms with Crippen molar-refractivity contribution in [3.05, 3.63) is 68.9 Å². The van der Waals surface area contributed by atoms with Gasteiger partial charge in [-0.15, -0.1) is 11.3 Å². The number of rotatable bonds is 8. The van der Waals surface area contributed by atoms with Crippen LogP contribution in [0.25, 0.3) is 0 Å². The van der Waals surface area contributed by atoms with Crippen LogP contribution in [0.15, 0.2) is 40.9 Å². The van der Waals surface area contributed by atoms with Gasteiger partial charge in [-0.1, -0.05) is 11.6 Å². The van der Waals surface area contributed by atoms with E-state index in [4.69, 9.17) is 11.6 Å². The summed E-state index contributed by atoms with van der Waals surface area (Å²) in [7, 11) is -3.90. The summed E-state index contributed by atoms with van der Waals surface area (Å²) in [6.45, 7) is 1.76. The molecule has 0 amide bonds. The SMILES string of the molecule is Cc1nc(CCC(=O)c2cnc(CNS(=O)(=O)c3ccc(F)c(Cl)c3)cn2)cs1. The second kappa shape index (κ2) is 9.04. The van der Waals surface area contributed by atoms with Crippen molar-refractivity contribution in [2.45, 2.75) is 31.2 Å². The molecule has 0 aliphatic carbocycles. The van der Waals surface area contributed by atoms with Crippen LogP contribution in [0.1, 0.15) is 33.3 Å². The lowest BCUT2D eigenvalue weighted by Crippen LogP contribution is -2.24. The lowest BCUT2D eigenvalue weighted by Gasteiger charge is -2.07. The third-order valence-corrected chi connectivity index (χ3v) is 6.42. The molecule has 3 rings (SSSR count). The van der Waals surface area contributed by atoms with E-state index in [1.165, 1.54) is 23.7 Å².